The molecule has 172 valence electrons. The van der Waals surface area contributed by atoms with Crippen molar-refractivity contribution in [1.82, 2.24) is 4.31 Å². The number of rotatable bonds is 8. The van der Waals surface area contributed by atoms with Crippen molar-refractivity contribution >= 4 is 27.6 Å². The van der Waals surface area contributed by atoms with E-state index in [1.807, 2.05) is 0 Å². The van der Waals surface area contributed by atoms with Crippen molar-refractivity contribution < 1.29 is 32.2 Å². The number of ether oxygens (including phenoxy) is 3. The zero-order valence-electron chi connectivity index (χ0n) is 17.9. The molecule has 0 aromatic heterocycles. The van der Waals surface area contributed by atoms with Gasteiger partial charge in [-0.2, -0.15) is 4.31 Å². The lowest BCUT2D eigenvalue weighted by molar-refractivity contribution is -0.152. The zero-order valence-corrected chi connectivity index (χ0v) is 18.8. The molecule has 0 aliphatic carbocycles. The van der Waals surface area contributed by atoms with Crippen molar-refractivity contribution in [2.45, 2.75) is 24.3 Å². The summed E-state index contributed by atoms with van der Waals surface area (Å²) < 4.78 is 42.3. The van der Waals surface area contributed by atoms with Crippen molar-refractivity contribution in [1.29, 1.82) is 0 Å². The molecular formula is C22H26N2O7S. The van der Waals surface area contributed by atoms with Gasteiger partial charge in [0.25, 0.3) is 5.91 Å². The number of carbonyl (C=O) groups is 2. The molecule has 0 saturated carbocycles. The molecule has 1 N–H and O–H groups in total. The van der Waals surface area contributed by atoms with Crippen molar-refractivity contribution in [3.8, 4) is 5.75 Å². The quantitative estimate of drug-likeness (QED) is 0.596. The van der Waals surface area contributed by atoms with E-state index in [4.69, 9.17) is 14.2 Å². The molecule has 1 aliphatic rings. The van der Waals surface area contributed by atoms with Crippen molar-refractivity contribution in [3.63, 3.8) is 0 Å². The van der Waals surface area contributed by atoms with E-state index in [-0.39, 0.29) is 11.3 Å². The molecule has 1 amide bonds. The van der Waals surface area contributed by atoms with E-state index in [9.17, 15) is 18.0 Å². The summed E-state index contributed by atoms with van der Waals surface area (Å²) in [6.45, 7) is 2.80. The molecule has 10 heteroatoms. The van der Waals surface area contributed by atoms with Gasteiger partial charge >= 0.3 is 5.97 Å². The van der Waals surface area contributed by atoms with Gasteiger partial charge in [0.1, 0.15) is 5.75 Å². The van der Waals surface area contributed by atoms with E-state index >= 15 is 0 Å². The van der Waals surface area contributed by atoms with E-state index in [1.165, 1.54) is 42.6 Å². The number of morpholine rings is 1. The molecule has 1 fully saturated rings. The molecule has 3 rings (SSSR count). The van der Waals surface area contributed by atoms with Gasteiger partial charge in [-0.3, -0.25) is 9.59 Å². The van der Waals surface area contributed by atoms with Crippen LogP contribution in [-0.2, 0) is 35.5 Å². The second kappa shape index (κ2) is 10.6. The standard InChI is InChI=1S/C22H26N2O7S/c1-16(31-21(25)15-17-5-3-4-6-20(17)29-2)22(26)23-18-7-9-19(10-8-18)32(27,28)24-11-13-30-14-12-24/h3-10,16H,11-15H2,1-2H3,(H,23,26). The van der Waals surface area contributed by atoms with Gasteiger partial charge in [0.2, 0.25) is 10.0 Å². The number of nitrogens with zero attached hydrogens (tertiary/aromatic N) is 1. The maximum atomic E-state index is 12.7. The summed E-state index contributed by atoms with van der Waals surface area (Å²) in [7, 11) is -2.10. The molecule has 1 atom stereocenters. The van der Waals surface area contributed by atoms with Crippen LogP contribution in [0.1, 0.15) is 12.5 Å². The second-order valence-corrected chi connectivity index (χ2v) is 9.09. The van der Waals surface area contributed by atoms with Crippen LogP contribution in [0.2, 0.25) is 0 Å². The van der Waals surface area contributed by atoms with Gasteiger partial charge in [-0.05, 0) is 37.3 Å². The van der Waals surface area contributed by atoms with Crippen LogP contribution < -0.4 is 10.1 Å². The van der Waals surface area contributed by atoms with Crippen LogP contribution in [0.3, 0.4) is 0 Å². The van der Waals surface area contributed by atoms with E-state index in [0.717, 1.165) is 0 Å². The highest BCUT2D eigenvalue weighted by molar-refractivity contribution is 7.89. The highest BCUT2D eigenvalue weighted by atomic mass is 32.2. The lowest BCUT2D eigenvalue weighted by Gasteiger charge is -2.26. The molecule has 1 saturated heterocycles. The Morgan fingerprint density at radius 3 is 2.41 bits per heavy atom. The number of hydrogen-bond acceptors (Lipinski definition) is 7. The monoisotopic (exact) mass is 462 g/mol. The Balaban J connectivity index is 1.56. The number of methoxy groups -OCH3 is 1. The fourth-order valence-electron chi connectivity index (χ4n) is 3.19. The van der Waals surface area contributed by atoms with Crippen molar-refractivity contribution in [2.24, 2.45) is 0 Å². The molecule has 0 bridgehead atoms. The Hall–Kier alpha value is -2.95. The zero-order chi connectivity index (χ0) is 23.1. The van der Waals surface area contributed by atoms with Gasteiger partial charge in [0, 0.05) is 24.3 Å². The van der Waals surface area contributed by atoms with Gasteiger partial charge < -0.3 is 19.5 Å². The number of benzene rings is 2. The minimum atomic E-state index is -3.61. The molecule has 1 unspecified atom stereocenters. The highest BCUT2D eigenvalue weighted by Gasteiger charge is 2.26. The molecule has 32 heavy (non-hydrogen) atoms. The van der Waals surface area contributed by atoms with E-state index in [1.54, 1.807) is 24.3 Å². The lowest BCUT2D eigenvalue weighted by Crippen LogP contribution is -2.40. The van der Waals surface area contributed by atoms with Crippen LogP contribution in [0.5, 0.6) is 5.75 Å². The van der Waals surface area contributed by atoms with Crippen molar-refractivity contribution in [2.75, 3.05) is 38.7 Å². The average molecular weight is 463 g/mol. The van der Waals surface area contributed by atoms with Gasteiger partial charge in [-0.25, -0.2) is 8.42 Å². The third-order valence-electron chi connectivity index (χ3n) is 4.93. The highest BCUT2D eigenvalue weighted by Crippen LogP contribution is 2.20. The first kappa shape index (κ1) is 23.7. The Morgan fingerprint density at radius 2 is 1.75 bits per heavy atom. The fraction of sp³-hybridized carbons (Fsp3) is 0.364. The first-order chi connectivity index (χ1) is 15.3. The number of sulfonamides is 1. The summed E-state index contributed by atoms with van der Waals surface area (Å²) in [6, 6.07) is 12.9. The number of para-hydroxylation sites is 1. The van der Waals surface area contributed by atoms with Crippen molar-refractivity contribution in [3.05, 3.63) is 54.1 Å². The maximum Gasteiger partial charge on any atom is 0.311 e. The molecule has 2 aromatic carbocycles. The number of carbonyl (C=O) groups excluding carboxylic acids is 2. The SMILES string of the molecule is COc1ccccc1CC(=O)OC(C)C(=O)Nc1ccc(S(=O)(=O)N2CCOCC2)cc1. The molecular weight excluding hydrogens is 436 g/mol. The fourth-order valence-corrected chi connectivity index (χ4v) is 4.59. The minimum Gasteiger partial charge on any atom is -0.496 e. The third kappa shape index (κ3) is 5.84. The largest absolute Gasteiger partial charge is 0.496 e. The van der Waals surface area contributed by atoms with Crippen LogP contribution in [0, 0.1) is 0 Å². The maximum absolute atomic E-state index is 12.7. The number of nitrogens with one attached hydrogen (secondary N) is 1. The Labute approximate surface area is 187 Å². The molecule has 1 heterocycles. The van der Waals surface area contributed by atoms with Crippen LogP contribution >= 0.6 is 0 Å². The molecule has 9 nitrogen and oxygen atoms in total. The molecule has 1 aliphatic heterocycles. The predicted molar refractivity (Wildman–Crippen MR) is 117 cm³/mol. The minimum absolute atomic E-state index is 0.0320. The summed E-state index contributed by atoms with van der Waals surface area (Å²) in [5.74, 6) is -0.528. The normalized spacial score (nSPS) is 15.6. The number of anilines is 1. The van der Waals surface area contributed by atoms with Gasteiger partial charge in [-0.15, -0.1) is 0 Å². The smallest absolute Gasteiger partial charge is 0.311 e. The third-order valence-corrected chi connectivity index (χ3v) is 6.85. The Bertz CT molecular complexity index is 1050. The van der Waals surface area contributed by atoms with Gasteiger partial charge in [-0.1, -0.05) is 18.2 Å². The van der Waals surface area contributed by atoms with Crippen LogP contribution in [0.25, 0.3) is 0 Å². The average Bonchev–Trinajstić information content (AvgIpc) is 2.80. The molecule has 0 spiro atoms. The Morgan fingerprint density at radius 1 is 1.09 bits per heavy atom. The van der Waals surface area contributed by atoms with Crippen LogP contribution in [0.15, 0.2) is 53.4 Å². The number of esters is 1. The summed E-state index contributed by atoms with van der Waals surface area (Å²) in [5.41, 5.74) is 1.05. The topological polar surface area (TPSA) is 111 Å². The molecule has 0 radical (unpaired) electrons. The summed E-state index contributed by atoms with van der Waals surface area (Å²) >= 11 is 0. The van der Waals surface area contributed by atoms with E-state index in [2.05, 4.69) is 5.32 Å². The number of amides is 1. The van der Waals surface area contributed by atoms with Gasteiger partial charge in [0.05, 0.1) is 31.6 Å². The van der Waals surface area contributed by atoms with E-state index in [0.29, 0.717) is 43.3 Å². The Kier molecular flexibility index (Phi) is 7.84. The summed E-state index contributed by atoms with van der Waals surface area (Å²) in [4.78, 5) is 24.7. The first-order valence-electron chi connectivity index (χ1n) is 10.1. The predicted octanol–water partition coefficient (Wildman–Crippen LogP) is 1.83. The first-order valence-corrected chi connectivity index (χ1v) is 11.6. The number of hydrogen-bond donors (Lipinski definition) is 1. The second-order valence-electron chi connectivity index (χ2n) is 7.15. The molecule has 2 aromatic rings. The van der Waals surface area contributed by atoms with E-state index < -0.39 is 28.0 Å². The summed E-state index contributed by atoms with van der Waals surface area (Å²) in [6.07, 6.45) is -1.07. The van der Waals surface area contributed by atoms with Crippen LogP contribution in [-0.4, -0.2) is 64.1 Å². The van der Waals surface area contributed by atoms with Gasteiger partial charge in [0.15, 0.2) is 6.10 Å². The summed E-state index contributed by atoms with van der Waals surface area (Å²) in [5, 5.41) is 2.62. The van der Waals surface area contributed by atoms with Crippen LogP contribution in [0.4, 0.5) is 5.69 Å². The lowest BCUT2D eigenvalue weighted by atomic mass is 10.1.